The molecule has 0 radical (unpaired) electrons. The molecule has 0 spiro atoms. The van der Waals surface area contributed by atoms with E-state index in [9.17, 15) is 4.79 Å². The lowest BCUT2D eigenvalue weighted by molar-refractivity contribution is 0.101. The van der Waals surface area contributed by atoms with Gasteiger partial charge in [-0.2, -0.15) is 0 Å². The molecular weight excluding hydrogens is 321 g/mol. The highest BCUT2D eigenvalue weighted by atomic mass is 35.5. The Morgan fingerprint density at radius 1 is 1.20 bits per heavy atom. The molecule has 1 heterocycles. The van der Waals surface area contributed by atoms with E-state index in [1.807, 2.05) is 0 Å². The monoisotopic (exact) mass is 329 g/mol. The van der Waals surface area contributed by atoms with Crippen LogP contribution in [0.15, 0.2) is 30.3 Å². The Kier molecular flexibility index (Phi) is 4.86. The molecule has 0 atom stereocenters. The molecule has 0 aliphatic heterocycles. The van der Waals surface area contributed by atoms with Gasteiger partial charge in [0, 0.05) is 11.9 Å². The van der Waals surface area contributed by atoms with E-state index in [1.165, 1.54) is 6.92 Å². The Labute approximate surface area is 131 Å². The average Bonchev–Trinajstić information content (AvgIpc) is 2.37. The average molecular weight is 331 g/mol. The van der Waals surface area contributed by atoms with Gasteiger partial charge in [0.2, 0.25) is 0 Å². The SMILES string of the molecule is CC(=O)c1cccc(COc2c(Cl)cc(Cl)cc2Cl)n1. The summed E-state index contributed by atoms with van der Waals surface area (Å²) in [5.41, 5.74) is 0.999. The quantitative estimate of drug-likeness (QED) is 0.754. The first-order chi connectivity index (χ1) is 9.47. The van der Waals surface area contributed by atoms with E-state index in [0.29, 0.717) is 32.2 Å². The lowest BCUT2D eigenvalue weighted by Gasteiger charge is -2.10. The first kappa shape index (κ1) is 15.1. The van der Waals surface area contributed by atoms with Crippen LogP contribution in [0.2, 0.25) is 15.1 Å². The molecule has 0 unspecified atom stereocenters. The van der Waals surface area contributed by atoms with Crippen LogP contribution in [0.4, 0.5) is 0 Å². The third kappa shape index (κ3) is 3.63. The first-order valence-electron chi connectivity index (χ1n) is 5.71. The molecule has 6 heteroatoms. The molecule has 2 rings (SSSR count). The van der Waals surface area contributed by atoms with Crippen molar-refractivity contribution in [2.24, 2.45) is 0 Å². The van der Waals surface area contributed by atoms with Crippen LogP contribution in [0.25, 0.3) is 0 Å². The van der Waals surface area contributed by atoms with Gasteiger partial charge in [0.25, 0.3) is 0 Å². The summed E-state index contributed by atoms with van der Waals surface area (Å²) in [6.45, 7) is 1.61. The third-order valence-electron chi connectivity index (χ3n) is 2.49. The predicted octanol–water partition coefficient (Wildman–Crippen LogP) is 4.82. The van der Waals surface area contributed by atoms with Gasteiger partial charge < -0.3 is 4.74 Å². The summed E-state index contributed by atoms with van der Waals surface area (Å²) < 4.78 is 5.55. The Morgan fingerprint density at radius 2 is 1.85 bits per heavy atom. The van der Waals surface area contributed by atoms with Gasteiger partial charge in [0.05, 0.1) is 15.7 Å². The molecule has 0 saturated carbocycles. The van der Waals surface area contributed by atoms with Crippen LogP contribution in [0, 0.1) is 0 Å². The number of carbonyl (C=O) groups excluding carboxylic acids is 1. The minimum atomic E-state index is -0.102. The molecule has 0 aliphatic rings. The largest absolute Gasteiger partial charge is 0.484 e. The summed E-state index contributed by atoms with van der Waals surface area (Å²) >= 11 is 17.8. The molecule has 2 aromatic rings. The number of pyridine rings is 1. The Balaban J connectivity index is 2.17. The van der Waals surface area contributed by atoms with Crippen molar-refractivity contribution in [1.82, 2.24) is 4.98 Å². The molecule has 0 fully saturated rings. The number of hydrogen-bond donors (Lipinski definition) is 0. The predicted molar refractivity (Wildman–Crippen MR) is 80.0 cm³/mol. The van der Waals surface area contributed by atoms with Crippen molar-refractivity contribution < 1.29 is 9.53 Å². The Bertz CT molecular complexity index is 636. The standard InChI is InChI=1S/C14H10Cl3NO2/c1-8(19)13-4-2-3-10(18-13)7-20-14-11(16)5-9(15)6-12(14)17/h2-6H,7H2,1H3. The normalized spacial score (nSPS) is 10.4. The van der Waals surface area contributed by atoms with E-state index in [-0.39, 0.29) is 12.4 Å². The lowest BCUT2D eigenvalue weighted by atomic mass is 10.2. The third-order valence-corrected chi connectivity index (χ3v) is 3.27. The number of Topliss-reactive ketones (excluding diaryl/α,β-unsaturated/α-hetero) is 1. The fraction of sp³-hybridized carbons (Fsp3) is 0.143. The van der Waals surface area contributed by atoms with Gasteiger partial charge in [-0.25, -0.2) is 4.98 Å². The number of rotatable bonds is 4. The molecule has 3 nitrogen and oxygen atoms in total. The van der Waals surface area contributed by atoms with E-state index in [2.05, 4.69) is 4.98 Å². The van der Waals surface area contributed by atoms with E-state index < -0.39 is 0 Å². The van der Waals surface area contributed by atoms with E-state index >= 15 is 0 Å². The van der Waals surface area contributed by atoms with Crippen LogP contribution in [-0.2, 0) is 6.61 Å². The molecule has 20 heavy (non-hydrogen) atoms. The van der Waals surface area contributed by atoms with Crippen LogP contribution in [0.5, 0.6) is 5.75 Å². The fourth-order valence-corrected chi connectivity index (χ4v) is 2.50. The minimum Gasteiger partial charge on any atom is -0.484 e. The number of ether oxygens (including phenoxy) is 1. The van der Waals surface area contributed by atoms with Crippen LogP contribution in [0.3, 0.4) is 0 Å². The number of halogens is 3. The number of carbonyl (C=O) groups is 1. The zero-order chi connectivity index (χ0) is 14.7. The van der Waals surface area contributed by atoms with Crippen molar-refractivity contribution in [2.75, 3.05) is 0 Å². The van der Waals surface area contributed by atoms with Crippen molar-refractivity contribution in [2.45, 2.75) is 13.5 Å². The van der Waals surface area contributed by atoms with Crippen molar-refractivity contribution in [1.29, 1.82) is 0 Å². The maximum atomic E-state index is 11.3. The fourth-order valence-electron chi connectivity index (χ4n) is 1.57. The number of nitrogens with zero attached hydrogens (tertiary/aromatic N) is 1. The van der Waals surface area contributed by atoms with Crippen LogP contribution >= 0.6 is 34.8 Å². The maximum Gasteiger partial charge on any atom is 0.178 e. The van der Waals surface area contributed by atoms with E-state index in [0.717, 1.165) is 0 Å². The molecule has 104 valence electrons. The minimum absolute atomic E-state index is 0.102. The summed E-state index contributed by atoms with van der Waals surface area (Å²) in [4.78, 5) is 15.4. The second-order valence-electron chi connectivity index (χ2n) is 4.06. The number of benzene rings is 1. The molecular formula is C14H10Cl3NO2. The number of hydrogen-bond acceptors (Lipinski definition) is 3. The highest BCUT2D eigenvalue weighted by Crippen LogP contribution is 2.36. The van der Waals surface area contributed by atoms with Crippen molar-refractivity contribution >= 4 is 40.6 Å². The first-order valence-corrected chi connectivity index (χ1v) is 6.85. The molecule has 0 N–H and O–H groups in total. The summed E-state index contributed by atoms with van der Waals surface area (Å²) in [6.07, 6.45) is 0. The van der Waals surface area contributed by atoms with Crippen molar-refractivity contribution in [3.8, 4) is 5.75 Å². The summed E-state index contributed by atoms with van der Waals surface area (Å²) in [6, 6.07) is 8.24. The zero-order valence-electron chi connectivity index (χ0n) is 10.5. The highest BCUT2D eigenvalue weighted by molar-refractivity contribution is 6.40. The maximum absolute atomic E-state index is 11.3. The topological polar surface area (TPSA) is 39.2 Å². The zero-order valence-corrected chi connectivity index (χ0v) is 12.8. The molecule has 0 aliphatic carbocycles. The number of ketones is 1. The summed E-state index contributed by atoms with van der Waals surface area (Å²) in [7, 11) is 0. The number of aromatic nitrogens is 1. The van der Waals surface area contributed by atoms with Gasteiger partial charge in [0.1, 0.15) is 12.3 Å². The van der Waals surface area contributed by atoms with Crippen molar-refractivity contribution in [3.05, 3.63) is 56.8 Å². The molecule has 0 bridgehead atoms. The Morgan fingerprint density at radius 3 is 2.45 bits per heavy atom. The van der Waals surface area contributed by atoms with Gasteiger partial charge >= 0.3 is 0 Å². The van der Waals surface area contributed by atoms with Crippen molar-refractivity contribution in [3.63, 3.8) is 0 Å². The van der Waals surface area contributed by atoms with E-state index in [1.54, 1.807) is 30.3 Å². The van der Waals surface area contributed by atoms with Gasteiger partial charge in [0.15, 0.2) is 11.5 Å². The van der Waals surface area contributed by atoms with Crippen LogP contribution in [-0.4, -0.2) is 10.8 Å². The smallest absolute Gasteiger partial charge is 0.178 e. The molecule has 1 aromatic carbocycles. The van der Waals surface area contributed by atoms with Gasteiger partial charge in [-0.15, -0.1) is 0 Å². The second kappa shape index (κ2) is 6.44. The van der Waals surface area contributed by atoms with Gasteiger partial charge in [-0.3, -0.25) is 4.79 Å². The van der Waals surface area contributed by atoms with E-state index in [4.69, 9.17) is 39.5 Å². The van der Waals surface area contributed by atoms with Crippen LogP contribution < -0.4 is 4.74 Å². The molecule has 0 saturated heterocycles. The summed E-state index contributed by atoms with van der Waals surface area (Å²) in [5, 5.41) is 1.08. The van der Waals surface area contributed by atoms with Gasteiger partial charge in [-0.05, 0) is 24.3 Å². The second-order valence-corrected chi connectivity index (χ2v) is 5.31. The molecule has 1 aromatic heterocycles. The van der Waals surface area contributed by atoms with Gasteiger partial charge in [-0.1, -0.05) is 40.9 Å². The lowest BCUT2D eigenvalue weighted by Crippen LogP contribution is -2.03. The molecule has 0 amide bonds. The highest BCUT2D eigenvalue weighted by Gasteiger charge is 2.10. The summed E-state index contributed by atoms with van der Waals surface area (Å²) in [5.74, 6) is 0.238. The Hall–Kier alpha value is -1.29. The van der Waals surface area contributed by atoms with Crippen LogP contribution in [0.1, 0.15) is 23.1 Å².